The second-order valence-corrected chi connectivity index (χ2v) is 8.05. The van der Waals surface area contributed by atoms with Crippen molar-refractivity contribution in [2.24, 2.45) is 0 Å². The maximum atomic E-state index is 12.1. The lowest BCUT2D eigenvalue weighted by Gasteiger charge is -2.35. The van der Waals surface area contributed by atoms with E-state index in [1.54, 1.807) is 4.90 Å². The molecule has 1 N–H and O–H groups in total. The number of anilines is 1. The molecule has 0 unspecified atom stereocenters. The first-order chi connectivity index (χ1) is 11.2. The molecule has 0 atom stereocenters. The molecule has 0 saturated carbocycles. The topological polar surface area (TPSA) is 61.9 Å². The Balaban J connectivity index is 1.76. The van der Waals surface area contributed by atoms with E-state index in [4.69, 9.17) is 4.74 Å². The van der Waals surface area contributed by atoms with Gasteiger partial charge in [0.2, 0.25) is 5.91 Å². The van der Waals surface area contributed by atoms with Gasteiger partial charge in [0.05, 0.1) is 6.54 Å². The first-order valence-corrected chi connectivity index (χ1v) is 9.06. The Labute approximate surface area is 156 Å². The Morgan fingerprint density at radius 2 is 1.88 bits per heavy atom. The number of nitrogens with zero attached hydrogens (tertiary/aromatic N) is 2. The van der Waals surface area contributed by atoms with E-state index in [0.717, 1.165) is 9.26 Å². The first-order valence-electron chi connectivity index (χ1n) is 7.99. The number of nitrogens with one attached hydrogen (secondary N) is 1. The Kier molecular flexibility index (Phi) is 6.45. The molecule has 1 fully saturated rings. The predicted molar refractivity (Wildman–Crippen MR) is 102 cm³/mol. The molecule has 0 spiro atoms. The number of halogens is 1. The minimum Gasteiger partial charge on any atom is -0.444 e. The number of rotatable bonds is 3. The Bertz CT molecular complexity index is 593. The highest BCUT2D eigenvalue weighted by atomic mass is 127. The van der Waals surface area contributed by atoms with Gasteiger partial charge >= 0.3 is 6.09 Å². The van der Waals surface area contributed by atoms with Crippen LogP contribution in [0.4, 0.5) is 10.5 Å². The van der Waals surface area contributed by atoms with Gasteiger partial charge in [0, 0.05) is 35.4 Å². The van der Waals surface area contributed by atoms with Crippen LogP contribution >= 0.6 is 22.6 Å². The summed E-state index contributed by atoms with van der Waals surface area (Å²) in [6.45, 7) is 8.38. The van der Waals surface area contributed by atoms with Crippen LogP contribution in [-0.4, -0.2) is 60.1 Å². The standard InChI is InChI=1S/C17H24IN3O3/c1-17(2,3)24-16(23)21-9-7-20(8-10-21)12-15(22)19-14-6-4-5-13(18)11-14/h4-6,11H,7-10,12H2,1-3H3,(H,19,22). The van der Waals surface area contributed by atoms with Crippen LogP contribution in [0.15, 0.2) is 24.3 Å². The second kappa shape index (κ2) is 8.15. The minimum absolute atomic E-state index is 0.0391. The molecule has 1 heterocycles. The van der Waals surface area contributed by atoms with E-state index in [1.807, 2.05) is 49.9 Å². The number of benzene rings is 1. The lowest BCUT2D eigenvalue weighted by molar-refractivity contribution is -0.117. The van der Waals surface area contributed by atoms with Gasteiger partial charge in [0.1, 0.15) is 5.60 Å². The predicted octanol–water partition coefficient (Wildman–Crippen LogP) is 2.78. The van der Waals surface area contributed by atoms with Gasteiger partial charge < -0.3 is 15.0 Å². The number of carbonyl (C=O) groups is 2. The third-order valence-electron chi connectivity index (χ3n) is 3.50. The summed E-state index contributed by atoms with van der Waals surface area (Å²) in [6, 6.07) is 7.70. The molecule has 0 bridgehead atoms. The molecular formula is C17H24IN3O3. The van der Waals surface area contributed by atoms with E-state index in [1.165, 1.54) is 0 Å². The Morgan fingerprint density at radius 3 is 2.46 bits per heavy atom. The summed E-state index contributed by atoms with van der Waals surface area (Å²) in [4.78, 5) is 27.9. The largest absolute Gasteiger partial charge is 0.444 e. The van der Waals surface area contributed by atoms with Crippen molar-refractivity contribution in [2.45, 2.75) is 26.4 Å². The third-order valence-corrected chi connectivity index (χ3v) is 4.17. The molecule has 2 amide bonds. The Morgan fingerprint density at radius 1 is 1.21 bits per heavy atom. The van der Waals surface area contributed by atoms with Crippen LogP contribution in [0.25, 0.3) is 0 Å². The van der Waals surface area contributed by atoms with E-state index in [0.29, 0.717) is 32.7 Å². The van der Waals surface area contributed by atoms with Gasteiger partial charge in [-0.15, -0.1) is 0 Å². The van der Waals surface area contributed by atoms with Crippen LogP contribution in [0, 0.1) is 3.57 Å². The molecule has 1 saturated heterocycles. The number of piperazine rings is 1. The maximum absolute atomic E-state index is 12.1. The zero-order valence-corrected chi connectivity index (χ0v) is 16.5. The van der Waals surface area contributed by atoms with Crippen molar-refractivity contribution in [3.63, 3.8) is 0 Å². The van der Waals surface area contributed by atoms with Crippen molar-refractivity contribution < 1.29 is 14.3 Å². The van der Waals surface area contributed by atoms with E-state index < -0.39 is 5.60 Å². The quantitative estimate of drug-likeness (QED) is 0.728. The van der Waals surface area contributed by atoms with Crippen molar-refractivity contribution in [3.8, 4) is 0 Å². The van der Waals surface area contributed by atoms with E-state index in [-0.39, 0.29) is 12.0 Å². The van der Waals surface area contributed by atoms with Gasteiger partial charge in [0.15, 0.2) is 0 Å². The fourth-order valence-corrected chi connectivity index (χ4v) is 2.93. The zero-order chi connectivity index (χ0) is 17.7. The summed E-state index contributed by atoms with van der Waals surface area (Å²) in [5.74, 6) is -0.0391. The van der Waals surface area contributed by atoms with Crippen molar-refractivity contribution in [1.29, 1.82) is 0 Å². The second-order valence-electron chi connectivity index (χ2n) is 6.80. The van der Waals surface area contributed by atoms with Crippen LogP contribution in [0.5, 0.6) is 0 Å². The molecule has 1 aromatic carbocycles. The van der Waals surface area contributed by atoms with Crippen LogP contribution in [0.3, 0.4) is 0 Å². The summed E-state index contributed by atoms with van der Waals surface area (Å²) in [5.41, 5.74) is 0.320. The molecule has 132 valence electrons. The Hall–Kier alpha value is -1.35. The minimum atomic E-state index is -0.485. The molecule has 1 aliphatic rings. The number of carbonyl (C=O) groups excluding carboxylic acids is 2. The van der Waals surface area contributed by atoms with Crippen LogP contribution in [-0.2, 0) is 9.53 Å². The smallest absolute Gasteiger partial charge is 0.410 e. The van der Waals surface area contributed by atoms with Crippen molar-refractivity contribution in [3.05, 3.63) is 27.8 Å². The SMILES string of the molecule is CC(C)(C)OC(=O)N1CCN(CC(=O)Nc2cccc(I)c2)CC1. The molecular weight excluding hydrogens is 421 g/mol. The normalized spacial score (nSPS) is 15.9. The summed E-state index contributed by atoms with van der Waals surface area (Å²) in [6.07, 6.45) is -0.287. The highest BCUT2D eigenvalue weighted by Crippen LogP contribution is 2.13. The van der Waals surface area contributed by atoms with Crippen molar-refractivity contribution >= 4 is 40.3 Å². The average molecular weight is 445 g/mol. The molecule has 1 aliphatic heterocycles. The van der Waals surface area contributed by atoms with Crippen LogP contribution < -0.4 is 5.32 Å². The van der Waals surface area contributed by atoms with Gasteiger partial charge in [-0.3, -0.25) is 9.69 Å². The summed E-state index contributed by atoms with van der Waals surface area (Å²) in [5, 5.41) is 2.90. The molecule has 1 aromatic rings. The third kappa shape index (κ3) is 6.27. The fraction of sp³-hybridized carbons (Fsp3) is 0.529. The molecule has 0 radical (unpaired) electrons. The average Bonchev–Trinajstić information content (AvgIpc) is 2.46. The van der Waals surface area contributed by atoms with E-state index in [9.17, 15) is 9.59 Å². The summed E-state index contributed by atoms with van der Waals surface area (Å²) < 4.78 is 6.45. The molecule has 0 aliphatic carbocycles. The molecule has 0 aromatic heterocycles. The molecule has 2 rings (SSSR count). The number of hydrogen-bond acceptors (Lipinski definition) is 4. The fourth-order valence-electron chi connectivity index (χ4n) is 2.38. The lowest BCUT2D eigenvalue weighted by atomic mass is 10.2. The van der Waals surface area contributed by atoms with Crippen molar-refractivity contribution in [1.82, 2.24) is 9.80 Å². The molecule has 7 heteroatoms. The monoisotopic (exact) mass is 445 g/mol. The number of amides is 2. The number of hydrogen-bond donors (Lipinski definition) is 1. The highest BCUT2D eigenvalue weighted by Gasteiger charge is 2.26. The maximum Gasteiger partial charge on any atom is 0.410 e. The van der Waals surface area contributed by atoms with Gasteiger partial charge in [-0.2, -0.15) is 0 Å². The van der Waals surface area contributed by atoms with Crippen LogP contribution in [0.2, 0.25) is 0 Å². The summed E-state index contributed by atoms with van der Waals surface area (Å²) in [7, 11) is 0. The zero-order valence-electron chi connectivity index (χ0n) is 14.3. The van der Waals surface area contributed by atoms with E-state index in [2.05, 4.69) is 27.9 Å². The molecule has 6 nitrogen and oxygen atoms in total. The van der Waals surface area contributed by atoms with Gasteiger partial charge in [-0.05, 0) is 61.6 Å². The number of ether oxygens (including phenoxy) is 1. The first kappa shape index (κ1) is 19.0. The lowest BCUT2D eigenvalue weighted by Crippen LogP contribution is -2.51. The highest BCUT2D eigenvalue weighted by molar-refractivity contribution is 14.1. The van der Waals surface area contributed by atoms with Crippen molar-refractivity contribution in [2.75, 3.05) is 38.0 Å². The molecule has 24 heavy (non-hydrogen) atoms. The van der Waals surface area contributed by atoms with Gasteiger partial charge in [0.25, 0.3) is 0 Å². The van der Waals surface area contributed by atoms with Gasteiger partial charge in [-0.25, -0.2) is 4.79 Å². The van der Waals surface area contributed by atoms with Crippen LogP contribution in [0.1, 0.15) is 20.8 Å². The summed E-state index contributed by atoms with van der Waals surface area (Å²) >= 11 is 2.21. The van der Waals surface area contributed by atoms with E-state index >= 15 is 0 Å². The van der Waals surface area contributed by atoms with Gasteiger partial charge in [-0.1, -0.05) is 6.07 Å².